The summed E-state index contributed by atoms with van der Waals surface area (Å²) in [6, 6.07) is -1.24. The minimum absolute atomic E-state index is 0.260. The zero-order chi connectivity index (χ0) is 38.1. The van der Waals surface area contributed by atoms with Gasteiger partial charge in [0.15, 0.2) is 0 Å². The molecule has 1 saturated carbocycles. The maximum absolute atomic E-state index is 12.9. The fraction of sp³-hybridized carbons (Fsp3) is 0.811. The third kappa shape index (κ3) is 21.1. The van der Waals surface area contributed by atoms with Crippen molar-refractivity contribution >= 4 is 13.7 Å². The van der Waals surface area contributed by atoms with Crippen LogP contribution in [0.25, 0.3) is 0 Å². The highest BCUT2D eigenvalue weighted by molar-refractivity contribution is 7.47. The summed E-state index contributed by atoms with van der Waals surface area (Å²) in [7, 11) is -5.13. The SMILES string of the molecule is CCCCC/C=C\C=C/CCCCCCC(O)CC(=O)NC(COP(=O)(O)OC1C(O)C(O)C(O)C(O)C1O)C(O)/C=C/CCCCCCCC. The van der Waals surface area contributed by atoms with E-state index in [-0.39, 0.29) is 6.42 Å². The summed E-state index contributed by atoms with van der Waals surface area (Å²) in [5.41, 5.74) is 0. The molecule has 9 N–H and O–H groups in total. The summed E-state index contributed by atoms with van der Waals surface area (Å²) in [4.78, 5) is 23.2. The van der Waals surface area contributed by atoms with Crippen molar-refractivity contribution < 1.29 is 59.0 Å². The van der Waals surface area contributed by atoms with Crippen LogP contribution in [0.3, 0.4) is 0 Å². The third-order valence-electron chi connectivity index (χ3n) is 9.00. The standard InChI is InChI=1S/C37H68NO12P/c1-3-5-7-9-11-13-14-15-16-17-18-20-22-24-28(39)26-31(41)38-29(30(40)25-23-21-19-12-10-8-6-4-2)27-49-51(47,48)50-37-35(45)33(43)32(42)34(44)36(37)46/h11,13-15,23,25,28-30,32-37,39-40,42-46H,3-10,12,16-22,24,26-27H2,1-2H3,(H,38,41)(H,47,48)/b13-11-,15-14-,25-23+. The number of phosphoric ester groups is 1. The second-order valence-corrected chi connectivity index (χ2v) is 15.0. The molecule has 1 fully saturated rings. The van der Waals surface area contributed by atoms with E-state index in [9.17, 15) is 50.0 Å². The highest BCUT2D eigenvalue weighted by Gasteiger charge is 2.51. The maximum atomic E-state index is 12.9. The lowest BCUT2D eigenvalue weighted by atomic mass is 9.85. The van der Waals surface area contributed by atoms with E-state index >= 15 is 0 Å². The normalized spacial score (nSPS) is 25.8. The van der Waals surface area contributed by atoms with Gasteiger partial charge in [-0.15, -0.1) is 0 Å². The molecule has 0 radical (unpaired) electrons. The molecule has 1 rings (SSSR count). The van der Waals surface area contributed by atoms with Gasteiger partial charge in [0.2, 0.25) is 5.91 Å². The molecule has 1 aliphatic carbocycles. The summed E-state index contributed by atoms with van der Waals surface area (Å²) in [6.45, 7) is 3.59. The number of allylic oxidation sites excluding steroid dienone is 5. The van der Waals surface area contributed by atoms with E-state index in [0.29, 0.717) is 12.8 Å². The average molecular weight is 750 g/mol. The Bertz CT molecular complexity index is 1030. The van der Waals surface area contributed by atoms with Gasteiger partial charge in [0.1, 0.15) is 36.6 Å². The van der Waals surface area contributed by atoms with E-state index in [4.69, 9.17) is 9.05 Å². The summed E-state index contributed by atoms with van der Waals surface area (Å²) < 4.78 is 22.6. The molecule has 0 aromatic carbocycles. The highest BCUT2D eigenvalue weighted by Crippen LogP contribution is 2.47. The summed E-state index contributed by atoms with van der Waals surface area (Å²) in [5, 5.41) is 73.8. The van der Waals surface area contributed by atoms with Crippen molar-refractivity contribution in [2.75, 3.05) is 6.61 Å². The summed E-state index contributed by atoms with van der Waals surface area (Å²) in [6.07, 6.45) is 14.2. The van der Waals surface area contributed by atoms with Crippen molar-refractivity contribution in [2.45, 2.75) is 184 Å². The van der Waals surface area contributed by atoms with Gasteiger partial charge in [-0.1, -0.05) is 115 Å². The molecule has 298 valence electrons. The number of hydrogen-bond acceptors (Lipinski definition) is 11. The number of carbonyl (C=O) groups is 1. The van der Waals surface area contributed by atoms with Crippen molar-refractivity contribution in [3.63, 3.8) is 0 Å². The molecular formula is C37H68NO12P. The lowest BCUT2D eigenvalue weighted by molar-refractivity contribution is -0.220. The Morgan fingerprint density at radius 1 is 0.706 bits per heavy atom. The quantitative estimate of drug-likeness (QED) is 0.0227. The van der Waals surface area contributed by atoms with Crippen LogP contribution in [0.1, 0.15) is 129 Å². The molecule has 51 heavy (non-hydrogen) atoms. The van der Waals surface area contributed by atoms with E-state index in [1.165, 1.54) is 31.8 Å². The van der Waals surface area contributed by atoms with Gasteiger partial charge >= 0.3 is 7.82 Å². The second kappa shape index (κ2) is 28.0. The Balaban J connectivity index is 2.65. The first-order valence-corrected chi connectivity index (χ1v) is 20.5. The number of carbonyl (C=O) groups excluding carboxylic acids is 1. The Morgan fingerprint density at radius 2 is 1.18 bits per heavy atom. The third-order valence-corrected chi connectivity index (χ3v) is 9.98. The van der Waals surface area contributed by atoms with E-state index in [2.05, 4.69) is 43.5 Å². The predicted octanol–water partition coefficient (Wildman–Crippen LogP) is 4.24. The topological polar surface area (TPSA) is 226 Å². The lowest BCUT2D eigenvalue weighted by Gasteiger charge is -2.41. The zero-order valence-electron chi connectivity index (χ0n) is 30.8. The number of unbranched alkanes of at least 4 members (excludes halogenated alkanes) is 13. The molecule has 1 amide bonds. The van der Waals surface area contributed by atoms with Gasteiger partial charge in [-0.05, 0) is 44.9 Å². The molecule has 8 atom stereocenters. The van der Waals surface area contributed by atoms with E-state index < -0.39 is 75.2 Å². The largest absolute Gasteiger partial charge is 0.472 e. The first-order valence-electron chi connectivity index (χ1n) is 19.0. The maximum Gasteiger partial charge on any atom is 0.472 e. The van der Waals surface area contributed by atoms with Gasteiger partial charge in [-0.3, -0.25) is 13.8 Å². The molecule has 0 aliphatic heterocycles. The van der Waals surface area contributed by atoms with Crippen LogP contribution in [-0.2, 0) is 18.4 Å². The number of rotatable bonds is 29. The Hall–Kier alpha value is -1.48. The van der Waals surface area contributed by atoms with E-state index in [1.54, 1.807) is 6.08 Å². The number of amides is 1. The number of aliphatic hydroxyl groups excluding tert-OH is 7. The van der Waals surface area contributed by atoms with Crippen molar-refractivity contribution in [3.05, 3.63) is 36.5 Å². The van der Waals surface area contributed by atoms with Gasteiger partial charge in [0, 0.05) is 0 Å². The smallest absolute Gasteiger partial charge is 0.393 e. The molecule has 8 unspecified atom stereocenters. The van der Waals surface area contributed by atoms with E-state index in [1.807, 2.05) is 0 Å². The molecule has 0 heterocycles. The van der Waals surface area contributed by atoms with Gasteiger partial charge in [-0.2, -0.15) is 0 Å². The molecule has 1 aliphatic rings. The lowest BCUT2D eigenvalue weighted by Crippen LogP contribution is -2.64. The minimum atomic E-state index is -5.13. The van der Waals surface area contributed by atoms with Crippen LogP contribution in [0.5, 0.6) is 0 Å². The molecule has 0 bridgehead atoms. The Morgan fingerprint density at radius 3 is 1.76 bits per heavy atom. The van der Waals surface area contributed by atoms with Gasteiger partial charge < -0.3 is 46.0 Å². The monoisotopic (exact) mass is 749 g/mol. The zero-order valence-corrected chi connectivity index (χ0v) is 31.6. The number of phosphoric acid groups is 1. The van der Waals surface area contributed by atoms with Crippen LogP contribution in [-0.4, -0.2) is 108 Å². The molecule has 13 nitrogen and oxygen atoms in total. The minimum Gasteiger partial charge on any atom is -0.393 e. The van der Waals surface area contributed by atoms with Crippen LogP contribution >= 0.6 is 7.82 Å². The molecule has 0 aromatic rings. The van der Waals surface area contributed by atoms with Crippen LogP contribution in [0.15, 0.2) is 36.5 Å². The first-order chi connectivity index (χ1) is 24.3. The molecular weight excluding hydrogens is 681 g/mol. The van der Waals surface area contributed by atoms with Crippen molar-refractivity contribution in [1.29, 1.82) is 0 Å². The van der Waals surface area contributed by atoms with Crippen molar-refractivity contribution in [2.24, 2.45) is 0 Å². The fourth-order valence-electron chi connectivity index (χ4n) is 5.76. The van der Waals surface area contributed by atoms with Crippen LogP contribution in [0.4, 0.5) is 0 Å². The average Bonchev–Trinajstić information content (AvgIpc) is 3.09. The number of aliphatic hydroxyl groups is 7. The van der Waals surface area contributed by atoms with Crippen LogP contribution < -0.4 is 5.32 Å². The van der Waals surface area contributed by atoms with Gasteiger partial charge in [-0.25, -0.2) is 4.57 Å². The number of nitrogens with one attached hydrogen (secondary N) is 1. The van der Waals surface area contributed by atoms with Gasteiger partial charge in [0.05, 0.1) is 31.3 Å². The predicted molar refractivity (Wildman–Crippen MR) is 197 cm³/mol. The fourth-order valence-corrected chi connectivity index (χ4v) is 6.72. The van der Waals surface area contributed by atoms with Gasteiger partial charge in [0.25, 0.3) is 0 Å². The highest BCUT2D eigenvalue weighted by atomic mass is 31.2. The van der Waals surface area contributed by atoms with Crippen LogP contribution in [0, 0.1) is 0 Å². The van der Waals surface area contributed by atoms with E-state index in [0.717, 1.165) is 70.6 Å². The van der Waals surface area contributed by atoms with Crippen molar-refractivity contribution in [3.8, 4) is 0 Å². The summed E-state index contributed by atoms with van der Waals surface area (Å²) >= 11 is 0. The molecule has 0 saturated heterocycles. The molecule has 14 heteroatoms. The summed E-state index contributed by atoms with van der Waals surface area (Å²) in [5.74, 6) is -0.612. The molecule has 0 spiro atoms. The molecule has 0 aromatic heterocycles. The number of hydrogen-bond donors (Lipinski definition) is 9. The Labute approximate surface area is 305 Å². The second-order valence-electron chi connectivity index (χ2n) is 13.6. The van der Waals surface area contributed by atoms with Crippen molar-refractivity contribution in [1.82, 2.24) is 5.32 Å². The Kier molecular flexibility index (Phi) is 26.1. The van der Waals surface area contributed by atoms with Crippen LogP contribution in [0.2, 0.25) is 0 Å². The first kappa shape index (κ1) is 47.5.